The standard InChI is InChI=1S/C14H18N4OS/c1-4-9-12(15)13(18(2)17-9)14(19)16-10-7-5-6-8-11(10)20-3/h5-8H,4,15H2,1-3H3,(H,16,19). The molecule has 106 valence electrons. The molecule has 5 nitrogen and oxygen atoms in total. The zero-order valence-electron chi connectivity index (χ0n) is 11.8. The summed E-state index contributed by atoms with van der Waals surface area (Å²) in [5, 5.41) is 7.16. The number of carbonyl (C=O) groups excluding carboxylic acids is 1. The molecule has 0 spiro atoms. The van der Waals surface area contributed by atoms with Gasteiger partial charge in [0.2, 0.25) is 0 Å². The van der Waals surface area contributed by atoms with E-state index in [2.05, 4.69) is 10.4 Å². The number of para-hydroxylation sites is 1. The zero-order valence-corrected chi connectivity index (χ0v) is 12.6. The molecule has 2 aromatic rings. The van der Waals surface area contributed by atoms with Gasteiger partial charge in [-0.2, -0.15) is 5.10 Å². The summed E-state index contributed by atoms with van der Waals surface area (Å²) in [6.45, 7) is 1.96. The second-order valence-corrected chi connectivity index (χ2v) is 5.19. The van der Waals surface area contributed by atoms with Crippen molar-refractivity contribution in [1.82, 2.24) is 9.78 Å². The van der Waals surface area contributed by atoms with Gasteiger partial charge in [-0.3, -0.25) is 9.48 Å². The van der Waals surface area contributed by atoms with Crippen LogP contribution in [0, 0.1) is 0 Å². The number of nitrogen functional groups attached to an aromatic ring is 1. The highest BCUT2D eigenvalue weighted by Crippen LogP contribution is 2.26. The van der Waals surface area contributed by atoms with Crippen LogP contribution in [0.15, 0.2) is 29.2 Å². The van der Waals surface area contributed by atoms with Crippen molar-refractivity contribution < 1.29 is 4.79 Å². The van der Waals surface area contributed by atoms with Gasteiger partial charge in [-0.05, 0) is 24.8 Å². The summed E-state index contributed by atoms with van der Waals surface area (Å²) < 4.78 is 1.53. The molecule has 0 aliphatic rings. The maximum atomic E-state index is 12.4. The van der Waals surface area contributed by atoms with E-state index in [1.165, 1.54) is 4.68 Å². The Morgan fingerprint density at radius 1 is 1.45 bits per heavy atom. The Bertz CT molecular complexity index is 636. The Hall–Kier alpha value is -1.95. The molecular formula is C14H18N4OS. The van der Waals surface area contributed by atoms with Crippen molar-refractivity contribution in [2.75, 3.05) is 17.3 Å². The smallest absolute Gasteiger partial charge is 0.276 e. The normalized spacial score (nSPS) is 10.6. The van der Waals surface area contributed by atoms with Crippen LogP contribution in [-0.4, -0.2) is 21.9 Å². The number of carbonyl (C=O) groups is 1. The second kappa shape index (κ2) is 6.00. The first-order chi connectivity index (χ1) is 9.58. The molecule has 1 aromatic heterocycles. The van der Waals surface area contributed by atoms with E-state index in [0.29, 0.717) is 17.8 Å². The summed E-state index contributed by atoms with van der Waals surface area (Å²) in [6, 6.07) is 7.66. The van der Waals surface area contributed by atoms with Gasteiger partial charge in [-0.15, -0.1) is 11.8 Å². The lowest BCUT2D eigenvalue weighted by Crippen LogP contribution is -2.18. The van der Waals surface area contributed by atoms with Gasteiger partial charge >= 0.3 is 0 Å². The van der Waals surface area contributed by atoms with Crippen LogP contribution < -0.4 is 11.1 Å². The lowest BCUT2D eigenvalue weighted by Gasteiger charge is -2.09. The maximum Gasteiger partial charge on any atom is 0.276 e. The van der Waals surface area contributed by atoms with Crippen LogP contribution in [-0.2, 0) is 13.5 Å². The number of amides is 1. The van der Waals surface area contributed by atoms with Crippen LogP contribution in [0.25, 0.3) is 0 Å². The van der Waals surface area contributed by atoms with Gasteiger partial charge in [0.25, 0.3) is 5.91 Å². The monoisotopic (exact) mass is 290 g/mol. The highest BCUT2D eigenvalue weighted by atomic mass is 32.2. The molecule has 0 aliphatic carbocycles. The fraction of sp³-hybridized carbons (Fsp3) is 0.286. The maximum absolute atomic E-state index is 12.4. The van der Waals surface area contributed by atoms with Crippen molar-refractivity contribution in [3.63, 3.8) is 0 Å². The van der Waals surface area contributed by atoms with E-state index in [0.717, 1.165) is 16.3 Å². The highest BCUT2D eigenvalue weighted by molar-refractivity contribution is 7.98. The number of aromatic nitrogens is 2. The number of aryl methyl sites for hydroxylation is 2. The summed E-state index contributed by atoms with van der Waals surface area (Å²) in [5.74, 6) is -0.237. The van der Waals surface area contributed by atoms with Gasteiger partial charge < -0.3 is 11.1 Å². The van der Waals surface area contributed by atoms with Crippen LogP contribution in [0.4, 0.5) is 11.4 Å². The van der Waals surface area contributed by atoms with Crippen molar-refractivity contribution in [3.05, 3.63) is 35.7 Å². The molecule has 1 heterocycles. The number of rotatable bonds is 4. The zero-order chi connectivity index (χ0) is 14.7. The predicted octanol–water partition coefficient (Wildman–Crippen LogP) is 2.54. The Kier molecular flexibility index (Phi) is 4.34. The summed E-state index contributed by atoms with van der Waals surface area (Å²) in [7, 11) is 1.73. The predicted molar refractivity (Wildman–Crippen MR) is 83.2 cm³/mol. The molecule has 0 aliphatic heterocycles. The van der Waals surface area contributed by atoms with E-state index in [1.54, 1.807) is 18.8 Å². The number of nitrogens with two attached hydrogens (primary N) is 1. The van der Waals surface area contributed by atoms with Crippen LogP contribution in [0.3, 0.4) is 0 Å². The minimum atomic E-state index is -0.237. The first kappa shape index (κ1) is 14.5. The summed E-state index contributed by atoms with van der Waals surface area (Å²) in [6.07, 6.45) is 2.67. The van der Waals surface area contributed by atoms with Gasteiger partial charge in [-0.1, -0.05) is 19.1 Å². The van der Waals surface area contributed by atoms with Crippen molar-refractivity contribution in [2.45, 2.75) is 18.2 Å². The Morgan fingerprint density at radius 2 is 2.15 bits per heavy atom. The molecule has 0 saturated heterocycles. The average molecular weight is 290 g/mol. The second-order valence-electron chi connectivity index (χ2n) is 4.34. The van der Waals surface area contributed by atoms with Crippen LogP contribution >= 0.6 is 11.8 Å². The Morgan fingerprint density at radius 3 is 2.75 bits per heavy atom. The van der Waals surface area contributed by atoms with E-state index in [-0.39, 0.29) is 5.91 Å². The Labute approximate surface area is 122 Å². The molecule has 2 rings (SSSR count). The number of nitrogens with zero attached hydrogens (tertiary/aromatic N) is 2. The SMILES string of the molecule is CCc1nn(C)c(C(=O)Nc2ccccc2SC)c1N. The quantitative estimate of drug-likeness (QED) is 0.849. The minimum Gasteiger partial charge on any atom is -0.395 e. The van der Waals surface area contributed by atoms with Gasteiger partial charge in [0.1, 0.15) is 5.69 Å². The number of thioether (sulfide) groups is 1. The third-order valence-corrected chi connectivity index (χ3v) is 3.86. The molecule has 0 atom stereocenters. The lowest BCUT2D eigenvalue weighted by atomic mass is 10.2. The fourth-order valence-corrected chi connectivity index (χ4v) is 2.61. The van der Waals surface area contributed by atoms with Gasteiger partial charge in [0.15, 0.2) is 0 Å². The number of hydrogen-bond acceptors (Lipinski definition) is 4. The summed E-state index contributed by atoms with van der Waals surface area (Å²) in [4.78, 5) is 13.4. The molecular weight excluding hydrogens is 272 g/mol. The van der Waals surface area contributed by atoms with E-state index >= 15 is 0 Å². The molecule has 0 unspecified atom stereocenters. The first-order valence-corrected chi connectivity index (χ1v) is 7.56. The van der Waals surface area contributed by atoms with E-state index < -0.39 is 0 Å². The number of anilines is 2. The molecule has 0 saturated carbocycles. The van der Waals surface area contributed by atoms with Crippen LogP contribution in [0.1, 0.15) is 23.1 Å². The molecule has 1 amide bonds. The largest absolute Gasteiger partial charge is 0.395 e. The van der Waals surface area contributed by atoms with E-state index in [1.807, 2.05) is 37.4 Å². The molecule has 6 heteroatoms. The molecule has 20 heavy (non-hydrogen) atoms. The fourth-order valence-electron chi connectivity index (χ4n) is 2.06. The topological polar surface area (TPSA) is 72.9 Å². The van der Waals surface area contributed by atoms with Crippen LogP contribution in [0.2, 0.25) is 0 Å². The number of benzene rings is 1. The summed E-state index contributed by atoms with van der Waals surface area (Å²) in [5.41, 5.74) is 8.37. The number of hydrogen-bond donors (Lipinski definition) is 2. The summed E-state index contributed by atoms with van der Waals surface area (Å²) >= 11 is 1.58. The lowest BCUT2D eigenvalue weighted by molar-refractivity contribution is 0.101. The van der Waals surface area contributed by atoms with Crippen LogP contribution in [0.5, 0.6) is 0 Å². The first-order valence-electron chi connectivity index (χ1n) is 6.34. The van der Waals surface area contributed by atoms with Crippen molar-refractivity contribution >= 4 is 29.0 Å². The van der Waals surface area contributed by atoms with E-state index in [4.69, 9.17) is 5.73 Å². The number of nitrogens with one attached hydrogen (secondary N) is 1. The molecule has 0 fully saturated rings. The van der Waals surface area contributed by atoms with Gasteiger partial charge in [-0.25, -0.2) is 0 Å². The average Bonchev–Trinajstić information content (AvgIpc) is 2.73. The molecule has 1 aromatic carbocycles. The van der Waals surface area contributed by atoms with Crippen molar-refractivity contribution in [3.8, 4) is 0 Å². The van der Waals surface area contributed by atoms with Crippen molar-refractivity contribution in [1.29, 1.82) is 0 Å². The Balaban J connectivity index is 2.31. The third-order valence-electron chi connectivity index (χ3n) is 3.07. The molecule has 0 bridgehead atoms. The molecule has 0 radical (unpaired) electrons. The van der Waals surface area contributed by atoms with Gasteiger partial charge in [0.05, 0.1) is 17.1 Å². The van der Waals surface area contributed by atoms with Crippen molar-refractivity contribution in [2.24, 2.45) is 7.05 Å². The van der Waals surface area contributed by atoms with Gasteiger partial charge in [0, 0.05) is 11.9 Å². The third kappa shape index (κ3) is 2.65. The van der Waals surface area contributed by atoms with E-state index in [9.17, 15) is 4.79 Å². The highest BCUT2D eigenvalue weighted by Gasteiger charge is 2.19. The minimum absolute atomic E-state index is 0.237. The molecule has 3 N–H and O–H groups in total.